The first kappa shape index (κ1) is 16.4. The predicted octanol–water partition coefficient (Wildman–Crippen LogP) is 1.81. The van der Waals surface area contributed by atoms with Crippen molar-refractivity contribution >= 4 is 29.3 Å². The summed E-state index contributed by atoms with van der Waals surface area (Å²) in [6.07, 6.45) is 2.99. The van der Waals surface area contributed by atoms with E-state index < -0.39 is 5.41 Å². The van der Waals surface area contributed by atoms with Crippen LogP contribution in [0.1, 0.15) is 26.3 Å². The van der Waals surface area contributed by atoms with Gasteiger partial charge >= 0.3 is 0 Å². The molecule has 0 unspecified atom stereocenters. The zero-order valence-electron chi connectivity index (χ0n) is 13.0. The molecule has 0 amide bonds. The van der Waals surface area contributed by atoms with Crippen molar-refractivity contribution in [3.63, 3.8) is 0 Å². The predicted molar refractivity (Wildman–Crippen MR) is 87.7 cm³/mol. The molecule has 0 aliphatic rings. The number of hydrogen-bond donors (Lipinski definition) is 0. The molecule has 2 rings (SSSR count). The van der Waals surface area contributed by atoms with E-state index in [1.54, 1.807) is 25.2 Å². The van der Waals surface area contributed by atoms with Crippen LogP contribution in [0.2, 0.25) is 0 Å². The average molecular weight is 319 g/mol. The Morgan fingerprint density at radius 1 is 1.27 bits per heavy atom. The highest BCUT2D eigenvalue weighted by Gasteiger charge is 2.19. The molecule has 0 aliphatic carbocycles. The van der Waals surface area contributed by atoms with E-state index in [4.69, 9.17) is 0 Å². The van der Waals surface area contributed by atoms with Gasteiger partial charge in [0, 0.05) is 24.1 Å². The van der Waals surface area contributed by atoms with E-state index in [1.165, 1.54) is 34.1 Å². The van der Waals surface area contributed by atoms with E-state index in [0.29, 0.717) is 14.8 Å². The van der Waals surface area contributed by atoms with Crippen LogP contribution in [0, 0.1) is 11.2 Å². The molecule has 0 radical (unpaired) electrons. The lowest BCUT2D eigenvalue weighted by Crippen LogP contribution is -2.30. The molecular weight excluding hydrogens is 301 g/mol. The van der Waals surface area contributed by atoms with Crippen LogP contribution in [0.15, 0.2) is 29.1 Å². The molecule has 3 nitrogen and oxygen atoms in total. The van der Waals surface area contributed by atoms with Crippen molar-refractivity contribution in [2.75, 3.05) is 0 Å². The molecule has 0 atom stereocenters. The Kier molecular flexibility index (Phi) is 4.47. The van der Waals surface area contributed by atoms with Gasteiger partial charge in [-0.2, -0.15) is 0 Å². The molecule has 0 saturated heterocycles. The lowest BCUT2D eigenvalue weighted by atomic mass is 9.91. The fraction of sp³-hybridized carbons (Fsp3) is 0.294. The highest BCUT2D eigenvalue weighted by molar-refractivity contribution is 7.07. The van der Waals surface area contributed by atoms with Crippen molar-refractivity contribution in [2.45, 2.75) is 20.8 Å². The van der Waals surface area contributed by atoms with Gasteiger partial charge in [-0.15, -0.1) is 11.3 Å². The Bertz CT molecular complexity index is 885. The van der Waals surface area contributed by atoms with Gasteiger partial charge in [-0.3, -0.25) is 9.59 Å². The Hall–Kier alpha value is -2.01. The topological polar surface area (TPSA) is 39.1 Å². The number of carbonyl (C=O) groups is 1. The number of benzene rings is 1. The number of Topliss-reactive ketones (excluding diaryl/α,β-unsaturated/α-hetero) is 1. The second kappa shape index (κ2) is 6.01. The van der Waals surface area contributed by atoms with Crippen molar-refractivity contribution in [1.29, 1.82) is 0 Å². The minimum atomic E-state index is -0.505. The fourth-order valence-electron chi connectivity index (χ4n) is 1.77. The third-order valence-electron chi connectivity index (χ3n) is 3.25. The van der Waals surface area contributed by atoms with Gasteiger partial charge in [0.25, 0.3) is 5.56 Å². The summed E-state index contributed by atoms with van der Waals surface area (Å²) in [5.74, 6) is -0.434. The van der Waals surface area contributed by atoms with Gasteiger partial charge < -0.3 is 4.57 Å². The van der Waals surface area contributed by atoms with Crippen LogP contribution in [0.3, 0.4) is 0 Å². The maximum atomic E-state index is 13.7. The summed E-state index contributed by atoms with van der Waals surface area (Å²) in [6, 6.07) is 6.27. The minimum Gasteiger partial charge on any atom is -0.302 e. The number of aromatic nitrogens is 1. The van der Waals surface area contributed by atoms with Gasteiger partial charge in [-0.05, 0) is 12.1 Å². The molecule has 0 aliphatic heterocycles. The van der Waals surface area contributed by atoms with Crippen molar-refractivity contribution in [1.82, 2.24) is 4.57 Å². The molecule has 116 valence electrons. The molecule has 22 heavy (non-hydrogen) atoms. The first-order valence-corrected chi connectivity index (χ1v) is 7.70. The smallest absolute Gasteiger partial charge is 0.268 e. The summed E-state index contributed by atoms with van der Waals surface area (Å²) in [6.45, 7) is 5.47. The number of nitrogens with zero attached hydrogens (tertiary/aromatic N) is 1. The number of thiazole rings is 1. The normalized spacial score (nSPS) is 13.7. The monoisotopic (exact) mass is 319 g/mol. The summed E-state index contributed by atoms with van der Waals surface area (Å²) in [5, 5.41) is 0. The number of carbonyl (C=O) groups excluding carboxylic acids is 1. The minimum absolute atomic E-state index is 0.0539. The third kappa shape index (κ3) is 3.42. The molecule has 2 aromatic rings. The van der Waals surface area contributed by atoms with Crippen molar-refractivity contribution in [2.24, 2.45) is 12.5 Å². The van der Waals surface area contributed by atoms with Crippen molar-refractivity contribution in [3.05, 3.63) is 55.2 Å². The quantitative estimate of drug-likeness (QED) is 0.847. The van der Waals surface area contributed by atoms with Gasteiger partial charge in [0.2, 0.25) is 0 Å². The van der Waals surface area contributed by atoms with Crippen LogP contribution < -0.4 is 14.8 Å². The number of rotatable bonds is 2. The van der Waals surface area contributed by atoms with Crippen molar-refractivity contribution < 1.29 is 9.18 Å². The molecule has 0 bridgehead atoms. The Labute approximate surface area is 132 Å². The highest BCUT2D eigenvalue weighted by atomic mass is 32.1. The van der Waals surface area contributed by atoms with E-state index in [9.17, 15) is 14.0 Å². The molecule has 0 N–H and O–H groups in total. The van der Waals surface area contributed by atoms with Crippen LogP contribution in [0.25, 0.3) is 12.2 Å². The average Bonchev–Trinajstić information content (AvgIpc) is 2.69. The Morgan fingerprint density at radius 3 is 2.50 bits per heavy atom. The third-order valence-corrected chi connectivity index (χ3v) is 4.36. The molecule has 0 saturated carbocycles. The lowest BCUT2D eigenvalue weighted by molar-refractivity contribution is -0.120. The van der Waals surface area contributed by atoms with E-state index in [0.717, 1.165) is 0 Å². The van der Waals surface area contributed by atoms with Crippen molar-refractivity contribution in [3.8, 4) is 0 Å². The second-order valence-electron chi connectivity index (χ2n) is 6.09. The Balaban J connectivity index is 2.62. The molecule has 0 fully saturated rings. The Morgan fingerprint density at radius 2 is 1.91 bits per heavy atom. The number of ketones is 1. The number of halogens is 1. The molecule has 1 aromatic heterocycles. The first-order valence-electron chi connectivity index (χ1n) is 6.88. The van der Waals surface area contributed by atoms with E-state index >= 15 is 0 Å². The van der Waals surface area contributed by atoms with Crippen LogP contribution in [-0.2, 0) is 11.8 Å². The van der Waals surface area contributed by atoms with E-state index in [-0.39, 0.29) is 17.2 Å². The van der Waals surface area contributed by atoms with Crippen LogP contribution >= 0.6 is 11.3 Å². The van der Waals surface area contributed by atoms with E-state index in [2.05, 4.69) is 0 Å². The SMILES string of the molecule is Cn1c(=O)/c(=C/c2ccccc2F)s/c1=C\C(=O)C(C)(C)C. The fourth-order valence-corrected chi connectivity index (χ4v) is 2.79. The lowest BCUT2D eigenvalue weighted by Gasteiger charge is -2.12. The standard InChI is InChI=1S/C17H18FNO2S/c1-17(2,3)14(20)10-15-19(4)16(21)13(22-15)9-11-7-5-6-8-12(11)18/h5-10H,1-4H3/b13-9-,15-10-. The summed E-state index contributed by atoms with van der Waals surface area (Å²) in [4.78, 5) is 24.3. The van der Waals surface area contributed by atoms with Gasteiger partial charge in [0.1, 0.15) is 10.5 Å². The maximum Gasteiger partial charge on any atom is 0.268 e. The molecular formula is C17H18FNO2S. The largest absolute Gasteiger partial charge is 0.302 e. The molecule has 1 aromatic carbocycles. The van der Waals surface area contributed by atoms with Crippen LogP contribution in [0.4, 0.5) is 4.39 Å². The van der Waals surface area contributed by atoms with Gasteiger partial charge in [-0.1, -0.05) is 39.0 Å². The van der Waals surface area contributed by atoms with E-state index in [1.807, 2.05) is 20.8 Å². The summed E-state index contributed by atoms with van der Waals surface area (Å²) >= 11 is 1.19. The number of hydrogen-bond acceptors (Lipinski definition) is 3. The summed E-state index contributed by atoms with van der Waals surface area (Å²) < 4.78 is 16.1. The first-order chi connectivity index (χ1) is 10.2. The zero-order chi connectivity index (χ0) is 16.5. The molecule has 1 heterocycles. The highest BCUT2D eigenvalue weighted by Crippen LogP contribution is 2.14. The summed E-state index contributed by atoms with van der Waals surface area (Å²) in [5.41, 5.74) is -0.383. The maximum absolute atomic E-state index is 13.7. The van der Waals surface area contributed by atoms with Gasteiger partial charge in [-0.25, -0.2) is 4.39 Å². The second-order valence-corrected chi connectivity index (χ2v) is 7.16. The van der Waals surface area contributed by atoms with Crippen LogP contribution in [-0.4, -0.2) is 10.4 Å². The molecule has 5 heteroatoms. The molecule has 0 spiro atoms. The van der Waals surface area contributed by atoms with Gasteiger partial charge in [0.15, 0.2) is 5.78 Å². The van der Waals surface area contributed by atoms with Gasteiger partial charge in [0.05, 0.1) is 4.53 Å². The zero-order valence-corrected chi connectivity index (χ0v) is 13.8. The summed E-state index contributed by atoms with van der Waals surface area (Å²) in [7, 11) is 1.61. The van der Waals surface area contributed by atoms with Crippen LogP contribution in [0.5, 0.6) is 0 Å².